The molecule has 8 heteroatoms. The number of nitrogens with zero attached hydrogens (tertiary/aromatic N) is 2. The van der Waals surface area contributed by atoms with Crippen LogP contribution in [0.5, 0.6) is 0 Å². The predicted octanol–water partition coefficient (Wildman–Crippen LogP) is 8.13. The van der Waals surface area contributed by atoms with Gasteiger partial charge in [-0.05, 0) is 86.5 Å². The molecule has 0 saturated carbocycles. The Morgan fingerprint density at radius 2 is 1.18 bits per heavy atom. The van der Waals surface area contributed by atoms with Crippen molar-refractivity contribution in [3.05, 3.63) is 117 Å². The van der Waals surface area contributed by atoms with Gasteiger partial charge in [0.1, 0.15) is 5.69 Å². The van der Waals surface area contributed by atoms with E-state index in [-0.39, 0.29) is 11.8 Å². The molecular formula is C26H18Br2N4O2. The monoisotopic (exact) mass is 576 g/mol. The van der Waals surface area contributed by atoms with Crippen molar-refractivity contribution in [1.82, 2.24) is 0 Å². The van der Waals surface area contributed by atoms with E-state index in [1.54, 1.807) is 54.6 Å². The maximum atomic E-state index is 13.0. The van der Waals surface area contributed by atoms with Gasteiger partial charge in [0.15, 0.2) is 0 Å². The van der Waals surface area contributed by atoms with Gasteiger partial charge in [0, 0.05) is 14.6 Å². The van der Waals surface area contributed by atoms with Crippen LogP contribution >= 0.6 is 31.9 Å². The molecule has 6 nitrogen and oxygen atoms in total. The van der Waals surface area contributed by atoms with Gasteiger partial charge in [-0.15, -0.1) is 5.11 Å². The fourth-order valence-corrected chi connectivity index (χ4v) is 4.02. The average Bonchev–Trinajstić information content (AvgIpc) is 2.84. The van der Waals surface area contributed by atoms with E-state index in [1.165, 1.54) is 0 Å². The fourth-order valence-electron chi connectivity index (χ4n) is 3.09. The van der Waals surface area contributed by atoms with Crippen molar-refractivity contribution in [1.29, 1.82) is 0 Å². The highest BCUT2D eigenvalue weighted by Crippen LogP contribution is 2.31. The number of hydrogen-bond acceptors (Lipinski definition) is 4. The molecule has 0 unspecified atom stereocenters. The number of nitrogens with one attached hydrogen (secondary N) is 2. The average molecular weight is 578 g/mol. The number of azo groups is 1. The van der Waals surface area contributed by atoms with Gasteiger partial charge in [-0.25, -0.2) is 0 Å². The van der Waals surface area contributed by atoms with E-state index in [9.17, 15) is 9.59 Å². The number of benzene rings is 4. The van der Waals surface area contributed by atoms with E-state index in [2.05, 4.69) is 52.7 Å². The van der Waals surface area contributed by atoms with Gasteiger partial charge in [-0.1, -0.05) is 42.5 Å². The van der Waals surface area contributed by atoms with Crippen molar-refractivity contribution in [2.24, 2.45) is 10.2 Å². The van der Waals surface area contributed by atoms with Crippen molar-refractivity contribution in [2.45, 2.75) is 0 Å². The van der Waals surface area contributed by atoms with Crippen molar-refractivity contribution in [3.8, 4) is 0 Å². The minimum atomic E-state index is -0.321. The quantitative estimate of drug-likeness (QED) is 0.227. The second-order valence-corrected chi connectivity index (χ2v) is 8.84. The molecule has 0 saturated heterocycles. The molecule has 0 aliphatic carbocycles. The molecular weight excluding hydrogens is 560 g/mol. The van der Waals surface area contributed by atoms with Crippen molar-refractivity contribution >= 4 is 66.4 Å². The molecule has 4 rings (SSSR count). The van der Waals surface area contributed by atoms with Crippen LogP contribution in [0.3, 0.4) is 0 Å². The normalized spacial score (nSPS) is 10.8. The van der Waals surface area contributed by atoms with Crippen LogP contribution in [0.4, 0.5) is 22.7 Å². The summed E-state index contributed by atoms with van der Waals surface area (Å²) in [6.07, 6.45) is 0. The summed E-state index contributed by atoms with van der Waals surface area (Å²) in [6, 6.07) is 28.6. The van der Waals surface area contributed by atoms with Crippen LogP contribution in [0.25, 0.3) is 0 Å². The first-order chi connectivity index (χ1) is 16.5. The highest BCUT2D eigenvalue weighted by molar-refractivity contribution is 9.10. The second-order valence-electron chi connectivity index (χ2n) is 7.14. The number of hydrogen-bond donors (Lipinski definition) is 2. The van der Waals surface area contributed by atoms with Gasteiger partial charge in [0.2, 0.25) is 0 Å². The topological polar surface area (TPSA) is 82.9 Å². The molecule has 0 fully saturated rings. The Kier molecular flexibility index (Phi) is 7.61. The van der Waals surface area contributed by atoms with Crippen molar-refractivity contribution in [2.75, 3.05) is 10.6 Å². The summed E-state index contributed by atoms with van der Waals surface area (Å²) >= 11 is 6.80. The molecule has 4 aromatic rings. The number of rotatable bonds is 6. The van der Waals surface area contributed by atoms with Crippen molar-refractivity contribution < 1.29 is 9.59 Å². The smallest absolute Gasteiger partial charge is 0.256 e. The molecule has 4 aromatic carbocycles. The van der Waals surface area contributed by atoms with Crippen LogP contribution in [0.15, 0.2) is 116 Å². The summed E-state index contributed by atoms with van der Waals surface area (Å²) in [5.41, 5.74) is 3.00. The Labute approximate surface area is 213 Å². The Bertz CT molecular complexity index is 1370. The second kappa shape index (κ2) is 11.0. The van der Waals surface area contributed by atoms with Gasteiger partial charge in [0.25, 0.3) is 11.8 Å². The molecule has 0 aliphatic heterocycles. The fraction of sp³-hybridized carbons (Fsp3) is 0. The van der Waals surface area contributed by atoms with Gasteiger partial charge >= 0.3 is 0 Å². The number of halogens is 2. The largest absolute Gasteiger partial charge is 0.322 e. The molecule has 0 aromatic heterocycles. The minimum Gasteiger partial charge on any atom is -0.322 e. The Morgan fingerprint density at radius 3 is 1.79 bits per heavy atom. The highest BCUT2D eigenvalue weighted by Gasteiger charge is 2.15. The molecule has 0 bridgehead atoms. The molecule has 34 heavy (non-hydrogen) atoms. The van der Waals surface area contributed by atoms with Crippen LogP contribution in [0.1, 0.15) is 20.7 Å². The lowest BCUT2D eigenvalue weighted by molar-refractivity contribution is 0.101. The minimum absolute atomic E-state index is 0.283. The first kappa shape index (κ1) is 23.5. The zero-order chi connectivity index (χ0) is 23.9. The SMILES string of the molecule is O=C(Nc1ccc(N=Nc2ccccc2)c(NC(=O)c2ccccc2Br)c1)c1ccccc1Br. The molecule has 0 radical (unpaired) electrons. The van der Waals surface area contributed by atoms with Gasteiger partial charge in [-0.2, -0.15) is 5.11 Å². The van der Waals surface area contributed by atoms with Crippen LogP contribution in [-0.4, -0.2) is 11.8 Å². The van der Waals surface area contributed by atoms with E-state index in [0.717, 1.165) is 0 Å². The number of carbonyl (C=O) groups is 2. The number of amides is 2. The highest BCUT2D eigenvalue weighted by atomic mass is 79.9. The van der Waals surface area contributed by atoms with Gasteiger partial charge < -0.3 is 10.6 Å². The lowest BCUT2D eigenvalue weighted by Gasteiger charge is -2.12. The molecule has 2 N–H and O–H groups in total. The molecule has 0 atom stereocenters. The lowest BCUT2D eigenvalue weighted by Crippen LogP contribution is -2.14. The predicted molar refractivity (Wildman–Crippen MR) is 141 cm³/mol. The summed E-state index contributed by atoms with van der Waals surface area (Å²) in [5, 5.41) is 14.3. The van der Waals surface area contributed by atoms with Crippen LogP contribution in [0.2, 0.25) is 0 Å². The maximum absolute atomic E-state index is 13.0. The zero-order valence-electron chi connectivity index (χ0n) is 17.7. The molecule has 2 amide bonds. The van der Waals surface area contributed by atoms with E-state index in [4.69, 9.17) is 0 Å². The van der Waals surface area contributed by atoms with Crippen molar-refractivity contribution in [3.63, 3.8) is 0 Å². The summed E-state index contributed by atoms with van der Waals surface area (Å²) in [5.74, 6) is -0.605. The third-order valence-corrected chi connectivity index (χ3v) is 6.15. The standard InChI is InChI=1S/C26H18Br2N4O2/c27-21-12-6-4-10-19(21)25(33)29-18-14-15-23(32-31-17-8-2-1-3-9-17)24(16-18)30-26(34)20-11-5-7-13-22(20)28/h1-16H,(H,29,33)(H,30,34). The number of carbonyl (C=O) groups excluding carboxylic acids is 2. The van der Waals surface area contributed by atoms with Gasteiger partial charge in [0.05, 0.1) is 22.5 Å². The van der Waals surface area contributed by atoms with E-state index in [0.29, 0.717) is 42.8 Å². The Hall–Kier alpha value is -3.62. The Balaban J connectivity index is 1.65. The third-order valence-electron chi connectivity index (χ3n) is 4.77. The first-order valence-electron chi connectivity index (χ1n) is 10.2. The van der Waals surface area contributed by atoms with E-state index >= 15 is 0 Å². The first-order valence-corrected chi connectivity index (χ1v) is 11.8. The molecule has 168 valence electrons. The van der Waals surface area contributed by atoms with Crippen LogP contribution in [0, 0.1) is 0 Å². The molecule has 0 heterocycles. The lowest BCUT2D eigenvalue weighted by atomic mass is 10.1. The molecule has 0 aliphatic rings. The zero-order valence-corrected chi connectivity index (χ0v) is 20.9. The summed E-state index contributed by atoms with van der Waals surface area (Å²) < 4.78 is 1.35. The Morgan fingerprint density at radius 1 is 0.618 bits per heavy atom. The summed E-state index contributed by atoms with van der Waals surface area (Å²) in [4.78, 5) is 25.7. The third kappa shape index (κ3) is 5.84. The van der Waals surface area contributed by atoms with E-state index < -0.39 is 0 Å². The summed E-state index contributed by atoms with van der Waals surface area (Å²) in [6.45, 7) is 0. The van der Waals surface area contributed by atoms with Gasteiger partial charge in [-0.3, -0.25) is 9.59 Å². The maximum Gasteiger partial charge on any atom is 0.256 e. The van der Waals surface area contributed by atoms with Crippen LogP contribution in [-0.2, 0) is 0 Å². The summed E-state index contributed by atoms with van der Waals surface area (Å²) in [7, 11) is 0. The molecule has 0 spiro atoms. The van der Waals surface area contributed by atoms with Crippen LogP contribution < -0.4 is 10.6 Å². The number of anilines is 2. The van der Waals surface area contributed by atoms with E-state index in [1.807, 2.05) is 42.5 Å².